The summed E-state index contributed by atoms with van der Waals surface area (Å²) >= 11 is 1.88. The highest BCUT2D eigenvalue weighted by Crippen LogP contribution is 2.50. The molecule has 13 rings (SSSR count). The van der Waals surface area contributed by atoms with Crippen molar-refractivity contribution in [1.29, 1.82) is 0 Å². The van der Waals surface area contributed by atoms with Crippen molar-refractivity contribution >= 4 is 103 Å². The standard InChI is InChI=1S/C46H24N4OS/c1-2-9-25(10-3-1)31-24-40(48-46(47-31)26-17-20-37-30(23-26)28-12-5-7-16-36(28)51-37)49-33-14-8-15-34-41(33)42-35(49)19-22-38-43(42)44-39(52-38)21-18-29-27-11-4-6-13-32(27)50(34)45(29)44/h1-24H. The number of hydrogen-bond donors (Lipinski definition) is 0. The van der Waals surface area contributed by atoms with E-state index >= 15 is 0 Å². The normalized spacial score (nSPS) is 12.6. The molecule has 0 fully saturated rings. The summed E-state index contributed by atoms with van der Waals surface area (Å²) in [5.41, 5.74) is 10.6. The van der Waals surface area contributed by atoms with Crippen molar-refractivity contribution < 1.29 is 4.42 Å². The number of para-hydroxylation sites is 2. The summed E-state index contributed by atoms with van der Waals surface area (Å²) in [7, 11) is 0. The van der Waals surface area contributed by atoms with E-state index in [2.05, 4.69) is 130 Å². The van der Waals surface area contributed by atoms with Gasteiger partial charge < -0.3 is 8.82 Å². The summed E-state index contributed by atoms with van der Waals surface area (Å²) in [6, 6.07) is 51.8. The largest absolute Gasteiger partial charge is 0.456 e. The predicted octanol–water partition coefficient (Wildman–Crippen LogP) is 12.6. The number of thiophene rings is 1. The van der Waals surface area contributed by atoms with Gasteiger partial charge in [-0.2, -0.15) is 0 Å². The zero-order valence-electron chi connectivity index (χ0n) is 27.5. The Morgan fingerprint density at radius 1 is 0.462 bits per heavy atom. The smallest absolute Gasteiger partial charge is 0.162 e. The van der Waals surface area contributed by atoms with Crippen LogP contribution >= 0.6 is 11.3 Å². The Hall–Kier alpha value is -6.76. The Balaban J connectivity index is 1.18. The number of hydrogen-bond acceptors (Lipinski definition) is 4. The van der Waals surface area contributed by atoms with Gasteiger partial charge in [-0.1, -0.05) is 78.9 Å². The Kier molecular flexibility index (Phi) is 4.94. The van der Waals surface area contributed by atoms with Gasteiger partial charge in [-0.25, -0.2) is 9.97 Å². The van der Waals surface area contributed by atoms with Gasteiger partial charge in [-0.05, 0) is 60.7 Å². The lowest BCUT2D eigenvalue weighted by Crippen LogP contribution is -2.02. The lowest BCUT2D eigenvalue weighted by Gasteiger charge is -2.12. The summed E-state index contributed by atoms with van der Waals surface area (Å²) in [6.45, 7) is 0. The highest BCUT2D eigenvalue weighted by atomic mass is 32.1. The summed E-state index contributed by atoms with van der Waals surface area (Å²) in [4.78, 5) is 10.6. The zero-order valence-corrected chi connectivity index (χ0v) is 28.3. The summed E-state index contributed by atoms with van der Waals surface area (Å²) in [5, 5.41) is 9.91. The van der Waals surface area contributed by atoms with Gasteiger partial charge in [-0.15, -0.1) is 11.3 Å². The molecular formula is C46H24N4OS. The van der Waals surface area contributed by atoms with Crippen LogP contribution in [0, 0.1) is 0 Å². The number of fused-ring (bicyclic) bond motifs is 7. The number of nitrogens with zero attached hydrogens (tertiary/aromatic N) is 4. The third-order valence-electron chi connectivity index (χ3n) is 11.1. The molecule has 6 heteroatoms. The van der Waals surface area contributed by atoms with E-state index in [-0.39, 0.29) is 0 Å². The van der Waals surface area contributed by atoms with Crippen LogP contribution in [0.25, 0.3) is 120 Å². The van der Waals surface area contributed by atoms with E-state index in [1.165, 1.54) is 58.3 Å². The number of rotatable bonds is 3. The maximum atomic E-state index is 6.19. The van der Waals surface area contributed by atoms with Crippen molar-refractivity contribution in [2.75, 3.05) is 0 Å². The first-order chi connectivity index (χ1) is 25.8. The van der Waals surface area contributed by atoms with E-state index in [9.17, 15) is 0 Å². The fourth-order valence-corrected chi connectivity index (χ4v) is 10.0. The minimum absolute atomic E-state index is 0.671. The SMILES string of the molecule is c1ccc(-c2cc(-n3c4ccc5sc6ccc7c8ccccc8n8c9cccc3c9c4c5c6c78)nc(-c3ccc4oc5ccccc5c4c3)n2)cc1. The second kappa shape index (κ2) is 9.51. The van der Waals surface area contributed by atoms with Gasteiger partial charge in [0.1, 0.15) is 17.0 Å². The third kappa shape index (κ3) is 3.33. The van der Waals surface area contributed by atoms with Crippen LogP contribution in [0.5, 0.6) is 0 Å². The molecule has 0 aliphatic rings. The molecule has 6 aromatic heterocycles. The molecule has 5 nitrogen and oxygen atoms in total. The maximum absolute atomic E-state index is 6.19. The average Bonchev–Trinajstić information content (AvgIpc) is 3.92. The van der Waals surface area contributed by atoms with Crippen LogP contribution in [0.15, 0.2) is 150 Å². The fraction of sp³-hybridized carbons (Fsp3) is 0. The van der Waals surface area contributed by atoms with Crippen LogP contribution in [0.3, 0.4) is 0 Å². The molecule has 6 heterocycles. The van der Waals surface area contributed by atoms with E-state index in [1.807, 2.05) is 35.6 Å². The van der Waals surface area contributed by atoms with Gasteiger partial charge in [-0.3, -0.25) is 4.57 Å². The zero-order chi connectivity index (χ0) is 33.7. The van der Waals surface area contributed by atoms with Crippen molar-refractivity contribution in [3.05, 3.63) is 146 Å². The van der Waals surface area contributed by atoms with Gasteiger partial charge in [0, 0.05) is 69.7 Å². The molecule has 0 amide bonds. The number of aromatic nitrogens is 4. The van der Waals surface area contributed by atoms with Gasteiger partial charge in [0.15, 0.2) is 5.82 Å². The van der Waals surface area contributed by atoms with Gasteiger partial charge in [0.2, 0.25) is 0 Å². The second-order valence-electron chi connectivity index (χ2n) is 13.7. The van der Waals surface area contributed by atoms with Crippen LogP contribution in [0.1, 0.15) is 0 Å². The van der Waals surface area contributed by atoms with E-state index in [1.54, 1.807) is 0 Å². The summed E-state index contributed by atoms with van der Waals surface area (Å²) in [5.74, 6) is 1.50. The minimum atomic E-state index is 0.671. The monoisotopic (exact) mass is 680 g/mol. The molecule has 0 bridgehead atoms. The Bertz CT molecular complexity index is 3580. The second-order valence-corrected chi connectivity index (χ2v) is 14.8. The van der Waals surface area contributed by atoms with Crippen LogP contribution in [0.2, 0.25) is 0 Å². The molecule has 0 aliphatic carbocycles. The van der Waals surface area contributed by atoms with Crippen molar-refractivity contribution in [2.45, 2.75) is 0 Å². The quantitative estimate of drug-likeness (QED) is 0.187. The Labute approximate surface area is 298 Å². The molecule has 0 atom stereocenters. The third-order valence-corrected chi connectivity index (χ3v) is 12.2. The number of benzene rings is 7. The topological polar surface area (TPSA) is 48.3 Å². The lowest BCUT2D eigenvalue weighted by atomic mass is 10.0. The van der Waals surface area contributed by atoms with Gasteiger partial charge >= 0.3 is 0 Å². The molecular weight excluding hydrogens is 657 g/mol. The number of furan rings is 1. The first kappa shape index (κ1) is 27.0. The molecule has 0 saturated carbocycles. The molecule has 7 aromatic carbocycles. The molecule has 0 radical (unpaired) electrons. The van der Waals surface area contributed by atoms with Gasteiger partial charge in [0.25, 0.3) is 0 Å². The van der Waals surface area contributed by atoms with E-state index in [0.717, 1.165) is 55.6 Å². The first-order valence-corrected chi connectivity index (χ1v) is 18.3. The lowest BCUT2D eigenvalue weighted by molar-refractivity contribution is 0.669. The molecule has 0 unspecified atom stereocenters. The van der Waals surface area contributed by atoms with Crippen LogP contribution in [0.4, 0.5) is 0 Å². The molecule has 52 heavy (non-hydrogen) atoms. The van der Waals surface area contributed by atoms with Crippen LogP contribution in [-0.2, 0) is 0 Å². The van der Waals surface area contributed by atoms with E-state index in [0.29, 0.717) is 5.82 Å². The fourth-order valence-electron chi connectivity index (χ4n) is 8.91. The molecule has 240 valence electrons. The van der Waals surface area contributed by atoms with Crippen molar-refractivity contribution in [3.8, 4) is 28.5 Å². The van der Waals surface area contributed by atoms with E-state index < -0.39 is 0 Å². The highest BCUT2D eigenvalue weighted by molar-refractivity contribution is 7.26. The molecule has 13 aromatic rings. The van der Waals surface area contributed by atoms with Crippen LogP contribution < -0.4 is 0 Å². The van der Waals surface area contributed by atoms with Crippen LogP contribution in [-0.4, -0.2) is 18.9 Å². The van der Waals surface area contributed by atoms with Crippen molar-refractivity contribution in [1.82, 2.24) is 18.9 Å². The predicted molar refractivity (Wildman–Crippen MR) is 216 cm³/mol. The Morgan fingerprint density at radius 3 is 2.15 bits per heavy atom. The Morgan fingerprint density at radius 2 is 1.21 bits per heavy atom. The summed E-state index contributed by atoms with van der Waals surface area (Å²) in [6.07, 6.45) is 0. The maximum Gasteiger partial charge on any atom is 0.162 e. The average molecular weight is 681 g/mol. The van der Waals surface area contributed by atoms with Gasteiger partial charge in [0.05, 0.1) is 33.3 Å². The molecule has 0 spiro atoms. The minimum Gasteiger partial charge on any atom is -0.456 e. The first-order valence-electron chi connectivity index (χ1n) is 17.5. The van der Waals surface area contributed by atoms with Crippen molar-refractivity contribution in [2.24, 2.45) is 0 Å². The van der Waals surface area contributed by atoms with Crippen molar-refractivity contribution in [3.63, 3.8) is 0 Å². The molecule has 0 N–H and O–H groups in total. The molecule has 0 aliphatic heterocycles. The highest BCUT2D eigenvalue weighted by Gasteiger charge is 2.26. The molecule has 0 saturated heterocycles. The summed E-state index contributed by atoms with van der Waals surface area (Å²) < 4.78 is 13.7. The van der Waals surface area contributed by atoms with E-state index in [4.69, 9.17) is 14.4 Å².